The Kier molecular flexibility index (Phi) is 5.36. The second-order valence-corrected chi connectivity index (χ2v) is 8.12. The standard InChI is InChI=1S/C21H25FN6O2/c1-10-8-26-20(16(23)14-7-13(22)9-25-18(14)24)28-19(10)27-17-12-5-3-11(4-6-12)15(17)21(29)30-2/h7-9,11-12,15,17,23H,3-6H2,1-2H3,(H2,24,25)(H,26,27,28)/p+1. The molecule has 0 radical (unpaired) electrons. The fourth-order valence-corrected chi connectivity index (χ4v) is 4.79. The summed E-state index contributed by atoms with van der Waals surface area (Å²) in [7, 11) is 1.43. The van der Waals surface area contributed by atoms with Gasteiger partial charge in [0.25, 0.3) is 5.71 Å². The summed E-state index contributed by atoms with van der Waals surface area (Å²) < 4.78 is 18.7. The molecule has 158 valence electrons. The van der Waals surface area contributed by atoms with Gasteiger partial charge in [0.1, 0.15) is 17.5 Å². The number of ether oxygens (including phenoxy) is 1. The molecule has 2 atom stereocenters. The van der Waals surface area contributed by atoms with Crippen LogP contribution in [0, 0.1) is 30.5 Å². The van der Waals surface area contributed by atoms with Crippen molar-refractivity contribution in [3.05, 3.63) is 41.2 Å². The largest absolute Gasteiger partial charge is 0.469 e. The van der Waals surface area contributed by atoms with Gasteiger partial charge in [-0.15, -0.1) is 0 Å². The molecule has 8 nitrogen and oxygen atoms in total. The van der Waals surface area contributed by atoms with Crippen LogP contribution < -0.4 is 16.5 Å². The van der Waals surface area contributed by atoms with Gasteiger partial charge in [0.2, 0.25) is 5.82 Å². The number of nitrogens with two attached hydrogens (primary N) is 2. The first-order chi connectivity index (χ1) is 14.4. The lowest BCUT2D eigenvalue weighted by atomic mass is 9.61. The minimum absolute atomic E-state index is 0.0615. The van der Waals surface area contributed by atoms with Crippen LogP contribution in [0.4, 0.5) is 16.0 Å². The highest BCUT2D eigenvalue weighted by molar-refractivity contribution is 6.09. The minimum Gasteiger partial charge on any atom is -0.469 e. The zero-order valence-corrected chi connectivity index (χ0v) is 17.1. The Morgan fingerprint density at radius 1 is 1.23 bits per heavy atom. The minimum atomic E-state index is -0.549. The third-order valence-electron chi connectivity index (χ3n) is 6.38. The maximum absolute atomic E-state index is 13.6. The van der Waals surface area contributed by atoms with E-state index in [1.807, 2.05) is 6.92 Å². The number of anilines is 2. The van der Waals surface area contributed by atoms with Crippen molar-refractivity contribution in [1.29, 1.82) is 0 Å². The summed E-state index contributed by atoms with van der Waals surface area (Å²) in [5, 5.41) is 9.68. The first kappa shape index (κ1) is 20.2. The van der Waals surface area contributed by atoms with Crippen molar-refractivity contribution in [2.75, 3.05) is 18.2 Å². The lowest BCUT2D eigenvalue weighted by Gasteiger charge is -2.47. The molecule has 0 aliphatic heterocycles. The molecule has 2 aromatic heterocycles. The van der Waals surface area contributed by atoms with Gasteiger partial charge in [0.05, 0.1) is 24.8 Å². The van der Waals surface area contributed by atoms with Gasteiger partial charge in [-0.1, -0.05) is 0 Å². The lowest BCUT2D eigenvalue weighted by Crippen LogP contribution is -2.52. The number of hydrogen-bond acceptors (Lipinski definition) is 7. The van der Waals surface area contributed by atoms with E-state index in [1.54, 1.807) is 6.20 Å². The van der Waals surface area contributed by atoms with E-state index in [0.717, 1.165) is 37.4 Å². The van der Waals surface area contributed by atoms with Crippen molar-refractivity contribution in [2.24, 2.45) is 17.8 Å². The summed E-state index contributed by atoms with van der Waals surface area (Å²) in [4.78, 5) is 25.2. The van der Waals surface area contributed by atoms with E-state index < -0.39 is 5.82 Å². The van der Waals surface area contributed by atoms with E-state index in [2.05, 4.69) is 20.3 Å². The lowest BCUT2D eigenvalue weighted by molar-refractivity contribution is -0.152. The number of carbonyl (C=O) groups excluding carboxylic acids is 1. The van der Waals surface area contributed by atoms with Crippen molar-refractivity contribution in [3.8, 4) is 0 Å². The third-order valence-corrected chi connectivity index (χ3v) is 6.38. The first-order valence-corrected chi connectivity index (χ1v) is 10.1. The van der Waals surface area contributed by atoms with E-state index in [-0.39, 0.29) is 40.8 Å². The Labute approximate surface area is 174 Å². The van der Waals surface area contributed by atoms with Gasteiger partial charge >= 0.3 is 5.97 Å². The average molecular weight is 413 g/mol. The number of carbonyl (C=O) groups is 1. The molecular formula is C21H26FN6O2+. The summed E-state index contributed by atoms with van der Waals surface area (Å²) in [6, 6.07) is 1.15. The SMILES string of the molecule is COC(=O)C1C2CCC(CC2)C1Nc1nc(C(=[NH2+])c2cc(F)cnc2N)ncc1C. The normalized spacial score (nSPS) is 25.0. The number of methoxy groups -OCH3 is 1. The van der Waals surface area contributed by atoms with Crippen molar-refractivity contribution in [2.45, 2.75) is 38.6 Å². The van der Waals surface area contributed by atoms with Crippen LogP contribution in [0.15, 0.2) is 18.5 Å². The van der Waals surface area contributed by atoms with Crippen LogP contribution in [0.5, 0.6) is 0 Å². The number of aryl methyl sites for hydroxylation is 1. The van der Waals surface area contributed by atoms with Gasteiger partial charge in [0.15, 0.2) is 0 Å². The molecular weight excluding hydrogens is 387 g/mol. The van der Waals surface area contributed by atoms with Gasteiger partial charge in [-0.2, -0.15) is 0 Å². The maximum atomic E-state index is 13.6. The molecule has 0 aromatic carbocycles. The van der Waals surface area contributed by atoms with Crippen LogP contribution in [-0.4, -0.2) is 39.8 Å². The number of pyridine rings is 1. The number of hydrogen-bond donors (Lipinski definition) is 3. The number of nitrogen functional groups attached to an aromatic ring is 1. The monoisotopic (exact) mass is 413 g/mol. The summed E-state index contributed by atoms with van der Waals surface area (Å²) in [5.41, 5.74) is 7.05. The molecule has 3 fully saturated rings. The molecule has 5 rings (SSSR count). The molecule has 0 amide bonds. The molecule has 3 saturated carbocycles. The molecule has 2 heterocycles. The molecule has 9 heteroatoms. The van der Waals surface area contributed by atoms with E-state index in [0.29, 0.717) is 17.7 Å². The summed E-state index contributed by atoms with van der Waals surface area (Å²) in [5.74, 6) is 0.672. The fraction of sp³-hybridized carbons (Fsp3) is 0.476. The number of fused-ring (bicyclic) bond motifs is 3. The first-order valence-electron chi connectivity index (χ1n) is 10.1. The Hall–Kier alpha value is -3.10. The van der Waals surface area contributed by atoms with Crippen molar-refractivity contribution < 1.29 is 19.3 Å². The quantitative estimate of drug-likeness (QED) is 0.490. The van der Waals surface area contributed by atoms with E-state index >= 15 is 0 Å². The van der Waals surface area contributed by atoms with Crippen LogP contribution in [0.25, 0.3) is 0 Å². The Bertz CT molecular complexity index is 989. The van der Waals surface area contributed by atoms with Crippen molar-refractivity contribution in [1.82, 2.24) is 15.0 Å². The van der Waals surface area contributed by atoms with Crippen LogP contribution in [0.3, 0.4) is 0 Å². The smallest absolute Gasteiger partial charge is 0.311 e. The Morgan fingerprint density at radius 2 is 1.93 bits per heavy atom. The molecule has 30 heavy (non-hydrogen) atoms. The Morgan fingerprint density at radius 3 is 2.63 bits per heavy atom. The summed E-state index contributed by atoms with van der Waals surface area (Å²) in [6.45, 7) is 1.88. The van der Waals surface area contributed by atoms with Gasteiger partial charge in [-0.3, -0.25) is 10.2 Å². The third kappa shape index (κ3) is 3.59. The van der Waals surface area contributed by atoms with E-state index in [9.17, 15) is 9.18 Å². The molecule has 0 spiro atoms. The number of rotatable bonds is 5. The zero-order chi connectivity index (χ0) is 21.4. The molecule has 2 bridgehead atoms. The van der Waals surface area contributed by atoms with Crippen LogP contribution >= 0.6 is 0 Å². The van der Waals surface area contributed by atoms with E-state index in [4.69, 9.17) is 15.9 Å². The fourth-order valence-electron chi connectivity index (χ4n) is 4.79. The number of halogens is 1. The van der Waals surface area contributed by atoms with Gasteiger partial charge in [-0.05, 0) is 50.5 Å². The zero-order valence-electron chi connectivity index (χ0n) is 17.1. The molecule has 2 aromatic rings. The van der Waals surface area contributed by atoms with E-state index in [1.165, 1.54) is 13.2 Å². The predicted octanol–water partition coefficient (Wildman–Crippen LogP) is 0.888. The van der Waals surface area contributed by atoms with Gasteiger partial charge < -0.3 is 15.8 Å². The molecule has 2 unspecified atom stereocenters. The van der Waals surface area contributed by atoms with Gasteiger partial charge in [-0.25, -0.2) is 19.3 Å². The highest BCUT2D eigenvalue weighted by atomic mass is 19.1. The molecule has 3 aliphatic rings. The second kappa shape index (κ2) is 7.97. The number of nitrogens with zero attached hydrogens (tertiary/aromatic N) is 3. The number of esters is 1. The van der Waals surface area contributed by atoms with Crippen LogP contribution in [0.2, 0.25) is 0 Å². The molecule has 5 N–H and O–H groups in total. The maximum Gasteiger partial charge on any atom is 0.311 e. The van der Waals surface area contributed by atoms with Crippen LogP contribution in [0.1, 0.15) is 42.6 Å². The number of nitrogens with one attached hydrogen (secondary N) is 1. The number of aromatic nitrogens is 3. The highest BCUT2D eigenvalue weighted by Crippen LogP contribution is 2.46. The Balaban J connectivity index is 1.64. The average Bonchev–Trinajstić information content (AvgIpc) is 2.76. The van der Waals surface area contributed by atoms with Crippen molar-refractivity contribution in [3.63, 3.8) is 0 Å². The van der Waals surface area contributed by atoms with Gasteiger partial charge in [0, 0.05) is 17.8 Å². The van der Waals surface area contributed by atoms with Crippen LogP contribution in [-0.2, 0) is 9.53 Å². The highest BCUT2D eigenvalue weighted by Gasteiger charge is 2.48. The predicted molar refractivity (Wildman–Crippen MR) is 109 cm³/mol. The second-order valence-electron chi connectivity index (χ2n) is 8.12. The van der Waals surface area contributed by atoms with Crippen molar-refractivity contribution >= 4 is 23.3 Å². The molecule has 0 saturated heterocycles. The summed E-state index contributed by atoms with van der Waals surface area (Å²) in [6.07, 6.45) is 6.92. The topological polar surface area (TPSA) is 129 Å². The molecule has 3 aliphatic carbocycles. The summed E-state index contributed by atoms with van der Waals surface area (Å²) >= 11 is 0.